The molecule has 1 aromatic carbocycles. The first-order valence-corrected chi connectivity index (χ1v) is 7.33. The lowest BCUT2D eigenvalue weighted by molar-refractivity contribution is 0.0921. The molecule has 0 unspecified atom stereocenters. The summed E-state index contributed by atoms with van der Waals surface area (Å²) in [5, 5.41) is 0. The van der Waals surface area contributed by atoms with Gasteiger partial charge in [-0.1, -0.05) is 6.07 Å². The van der Waals surface area contributed by atoms with E-state index in [9.17, 15) is 9.18 Å². The SMILES string of the molecule is O=C(COc1cccc(F)c1)c1cc(Br)sc1Br. The van der Waals surface area contributed by atoms with Crippen LogP contribution in [0.3, 0.4) is 0 Å². The van der Waals surface area contributed by atoms with Crippen LogP contribution in [0.15, 0.2) is 37.9 Å². The predicted octanol–water partition coefficient (Wildman–Crippen LogP) is 4.67. The molecule has 1 aromatic heterocycles. The van der Waals surface area contributed by atoms with Crippen molar-refractivity contribution in [1.82, 2.24) is 0 Å². The van der Waals surface area contributed by atoms with Gasteiger partial charge >= 0.3 is 0 Å². The Balaban J connectivity index is 2.03. The molecular formula is C12H7Br2FO2S. The van der Waals surface area contributed by atoms with E-state index in [4.69, 9.17) is 4.74 Å². The molecule has 0 aliphatic rings. The van der Waals surface area contributed by atoms with Gasteiger partial charge in [0.25, 0.3) is 0 Å². The van der Waals surface area contributed by atoms with Gasteiger partial charge in [0.15, 0.2) is 6.61 Å². The van der Waals surface area contributed by atoms with Gasteiger partial charge in [0, 0.05) is 11.6 Å². The van der Waals surface area contributed by atoms with Crippen LogP contribution >= 0.6 is 43.2 Å². The topological polar surface area (TPSA) is 26.3 Å². The fourth-order valence-corrected chi connectivity index (χ4v) is 4.17. The summed E-state index contributed by atoms with van der Waals surface area (Å²) in [6, 6.07) is 7.43. The summed E-state index contributed by atoms with van der Waals surface area (Å²) in [5.74, 6) is -0.207. The first kappa shape index (κ1) is 13.7. The van der Waals surface area contributed by atoms with Crippen molar-refractivity contribution in [3.63, 3.8) is 0 Å². The Morgan fingerprint density at radius 1 is 1.33 bits per heavy atom. The average Bonchev–Trinajstić information content (AvgIpc) is 2.66. The minimum absolute atomic E-state index is 0.120. The summed E-state index contributed by atoms with van der Waals surface area (Å²) >= 11 is 8.03. The minimum atomic E-state index is -0.389. The molecule has 0 saturated heterocycles. The van der Waals surface area contributed by atoms with Crippen LogP contribution in [0.1, 0.15) is 10.4 Å². The molecule has 6 heteroatoms. The number of Topliss-reactive ketones (excluding diaryl/α,β-unsaturated/α-hetero) is 1. The van der Waals surface area contributed by atoms with E-state index in [2.05, 4.69) is 31.9 Å². The van der Waals surface area contributed by atoms with Gasteiger partial charge in [-0.15, -0.1) is 11.3 Å². The van der Waals surface area contributed by atoms with E-state index in [0.717, 1.165) is 7.57 Å². The molecule has 0 fully saturated rings. The third kappa shape index (κ3) is 3.40. The van der Waals surface area contributed by atoms with E-state index < -0.39 is 0 Å². The van der Waals surface area contributed by atoms with Crippen LogP contribution in [0.2, 0.25) is 0 Å². The predicted molar refractivity (Wildman–Crippen MR) is 75.9 cm³/mol. The van der Waals surface area contributed by atoms with Gasteiger partial charge in [-0.25, -0.2) is 4.39 Å². The van der Waals surface area contributed by atoms with Crippen molar-refractivity contribution in [2.24, 2.45) is 0 Å². The number of thiophene rings is 1. The third-order valence-electron chi connectivity index (χ3n) is 2.12. The van der Waals surface area contributed by atoms with Crippen molar-refractivity contribution in [3.8, 4) is 5.75 Å². The normalized spacial score (nSPS) is 10.4. The summed E-state index contributed by atoms with van der Waals surface area (Å²) in [4.78, 5) is 11.9. The van der Waals surface area contributed by atoms with Crippen molar-refractivity contribution in [1.29, 1.82) is 0 Å². The molecule has 1 heterocycles. The zero-order valence-corrected chi connectivity index (χ0v) is 12.9. The van der Waals surface area contributed by atoms with Crippen LogP contribution in [-0.2, 0) is 0 Å². The summed E-state index contributed by atoms with van der Waals surface area (Å²) in [6.45, 7) is -0.120. The van der Waals surface area contributed by atoms with Crippen LogP contribution in [-0.4, -0.2) is 12.4 Å². The Bertz CT molecular complexity index is 583. The van der Waals surface area contributed by atoms with Crippen LogP contribution < -0.4 is 4.74 Å². The van der Waals surface area contributed by atoms with Crippen LogP contribution in [0.4, 0.5) is 4.39 Å². The molecule has 0 radical (unpaired) electrons. The average molecular weight is 394 g/mol. The Hall–Kier alpha value is -0.720. The van der Waals surface area contributed by atoms with Crippen LogP contribution in [0.5, 0.6) is 5.75 Å². The molecule has 94 valence electrons. The van der Waals surface area contributed by atoms with Gasteiger partial charge in [-0.2, -0.15) is 0 Å². The molecule has 0 N–H and O–H groups in total. The number of ketones is 1. The van der Waals surface area contributed by atoms with Gasteiger partial charge in [0.2, 0.25) is 5.78 Å². The van der Waals surface area contributed by atoms with Crippen molar-refractivity contribution >= 4 is 49.0 Å². The summed E-state index contributed by atoms with van der Waals surface area (Å²) in [7, 11) is 0. The van der Waals surface area contributed by atoms with Crippen LogP contribution in [0, 0.1) is 5.82 Å². The van der Waals surface area contributed by atoms with E-state index in [1.807, 2.05) is 0 Å². The van der Waals surface area contributed by atoms with Crippen molar-refractivity contribution in [2.75, 3.05) is 6.61 Å². The Morgan fingerprint density at radius 2 is 2.11 bits per heavy atom. The number of rotatable bonds is 4. The number of carbonyl (C=O) groups is 1. The fraction of sp³-hybridized carbons (Fsp3) is 0.0833. The third-order valence-corrected chi connectivity index (χ3v) is 4.46. The van der Waals surface area contributed by atoms with Crippen molar-refractivity contribution in [2.45, 2.75) is 0 Å². The van der Waals surface area contributed by atoms with Gasteiger partial charge in [0.1, 0.15) is 11.6 Å². The van der Waals surface area contributed by atoms with E-state index in [1.54, 1.807) is 12.1 Å². The molecule has 0 spiro atoms. The minimum Gasteiger partial charge on any atom is -0.485 e. The zero-order chi connectivity index (χ0) is 13.1. The van der Waals surface area contributed by atoms with E-state index in [1.165, 1.54) is 29.5 Å². The van der Waals surface area contributed by atoms with Crippen molar-refractivity contribution < 1.29 is 13.9 Å². The number of hydrogen-bond donors (Lipinski definition) is 0. The molecule has 0 saturated carbocycles. The molecular weight excluding hydrogens is 387 g/mol. The summed E-state index contributed by atoms with van der Waals surface area (Å²) < 4.78 is 19.8. The highest BCUT2D eigenvalue weighted by Gasteiger charge is 2.14. The maximum atomic E-state index is 12.9. The Morgan fingerprint density at radius 3 is 2.72 bits per heavy atom. The molecule has 2 nitrogen and oxygen atoms in total. The quantitative estimate of drug-likeness (QED) is 0.705. The Labute approximate surface area is 124 Å². The van der Waals surface area contributed by atoms with Gasteiger partial charge < -0.3 is 4.74 Å². The highest BCUT2D eigenvalue weighted by molar-refractivity contribution is 9.12. The van der Waals surface area contributed by atoms with E-state index >= 15 is 0 Å². The molecule has 0 aliphatic heterocycles. The van der Waals surface area contributed by atoms with Gasteiger partial charge in [-0.3, -0.25) is 4.79 Å². The summed E-state index contributed by atoms with van der Waals surface area (Å²) in [5.41, 5.74) is 0.559. The lowest BCUT2D eigenvalue weighted by atomic mass is 10.2. The molecule has 0 atom stereocenters. The number of carbonyl (C=O) groups excluding carboxylic acids is 1. The number of ether oxygens (including phenoxy) is 1. The van der Waals surface area contributed by atoms with E-state index in [-0.39, 0.29) is 18.2 Å². The second kappa shape index (κ2) is 5.95. The smallest absolute Gasteiger partial charge is 0.202 e. The standard InChI is InChI=1S/C12H7Br2FO2S/c13-11-5-9(12(14)18-11)10(16)6-17-8-3-1-2-7(15)4-8/h1-5H,6H2. The fourth-order valence-electron chi connectivity index (χ4n) is 1.31. The monoisotopic (exact) mass is 392 g/mol. The zero-order valence-electron chi connectivity index (χ0n) is 8.95. The molecule has 0 amide bonds. The molecule has 0 bridgehead atoms. The second-order valence-electron chi connectivity index (χ2n) is 3.41. The van der Waals surface area contributed by atoms with E-state index in [0.29, 0.717) is 11.3 Å². The van der Waals surface area contributed by atoms with Crippen molar-refractivity contribution in [3.05, 3.63) is 49.3 Å². The number of benzene rings is 1. The lowest BCUT2D eigenvalue weighted by Gasteiger charge is -2.04. The highest BCUT2D eigenvalue weighted by atomic mass is 79.9. The molecule has 2 aromatic rings. The molecule has 18 heavy (non-hydrogen) atoms. The largest absolute Gasteiger partial charge is 0.485 e. The second-order valence-corrected chi connectivity index (χ2v) is 7.16. The lowest BCUT2D eigenvalue weighted by Crippen LogP contribution is -2.11. The first-order chi connectivity index (χ1) is 8.56. The maximum absolute atomic E-state index is 12.9. The number of hydrogen-bond acceptors (Lipinski definition) is 3. The highest BCUT2D eigenvalue weighted by Crippen LogP contribution is 2.32. The first-order valence-electron chi connectivity index (χ1n) is 4.92. The Kier molecular flexibility index (Phi) is 4.53. The van der Waals surface area contributed by atoms with Gasteiger partial charge in [0.05, 0.1) is 7.57 Å². The molecule has 2 rings (SSSR count). The summed E-state index contributed by atoms with van der Waals surface area (Å²) in [6.07, 6.45) is 0. The molecule has 0 aliphatic carbocycles. The van der Waals surface area contributed by atoms with Gasteiger partial charge in [-0.05, 0) is 50.1 Å². The number of halogens is 3. The maximum Gasteiger partial charge on any atom is 0.202 e. The van der Waals surface area contributed by atoms with Crippen LogP contribution in [0.25, 0.3) is 0 Å².